The zero-order chi connectivity index (χ0) is 26.6. The van der Waals surface area contributed by atoms with Gasteiger partial charge in [0.25, 0.3) is 0 Å². The zero-order valence-electron chi connectivity index (χ0n) is 21.0. The van der Waals surface area contributed by atoms with Crippen LogP contribution in [0.15, 0.2) is 48.5 Å². The Morgan fingerprint density at radius 1 is 1.19 bits per heavy atom. The normalized spacial score (nSPS) is 16.4. The number of tetrazole rings is 1. The summed E-state index contributed by atoms with van der Waals surface area (Å²) >= 11 is 6.10. The van der Waals surface area contributed by atoms with E-state index in [2.05, 4.69) is 20.7 Å². The Kier molecular flexibility index (Phi) is 8.19. The van der Waals surface area contributed by atoms with Crippen LogP contribution < -0.4 is 5.32 Å². The monoisotopic (exact) mass is 528 g/mol. The Hall–Kier alpha value is -3.37. The fourth-order valence-electron chi connectivity index (χ4n) is 4.15. The molecule has 11 heteroatoms. The van der Waals surface area contributed by atoms with Crippen molar-refractivity contribution in [1.29, 1.82) is 0 Å². The molecule has 2 heterocycles. The number of rotatable bonds is 8. The van der Waals surface area contributed by atoms with Gasteiger partial charge >= 0.3 is 0 Å². The molecule has 2 aromatic carbocycles. The van der Waals surface area contributed by atoms with Gasteiger partial charge in [-0.2, -0.15) is 4.80 Å². The summed E-state index contributed by atoms with van der Waals surface area (Å²) in [6.07, 6.45) is 1.48. The van der Waals surface area contributed by atoms with E-state index in [1.165, 1.54) is 34.0 Å². The molecule has 9 nitrogen and oxygen atoms in total. The van der Waals surface area contributed by atoms with Gasteiger partial charge in [0.1, 0.15) is 18.4 Å². The molecule has 1 N–H and O–H groups in total. The van der Waals surface area contributed by atoms with E-state index >= 15 is 0 Å². The molecule has 0 bridgehead atoms. The molecule has 3 aromatic rings. The number of amides is 2. The van der Waals surface area contributed by atoms with Gasteiger partial charge in [-0.15, -0.1) is 10.2 Å². The van der Waals surface area contributed by atoms with Crippen LogP contribution in [0, 0.1) is 5.82 Å². The van der Waals surface area contributed by atoms with Crippen molar-refractivity contribution in [3.8, 4) is 11.4 Å². The molecule has 4 rings (SSSR count). The van der Waals surface area contributed by atoms with Crippen LogP contribution in [0.4, 0.5) is 4.39 Å². The van der Waals surface area contributed by atoms with Gasteiger partial charge in [0.15, 0.2) is 0 Å². The van der Waals surface area contributed by atoms with Gasteiger partial charge in [0.05, 0.1) is 6.10 Å². The predicted octanol–water partition coefficient (Wildman–Crippen LogP) is 3.80. The number of hydrogen-bond acceptors (Lipinski definition) is 6. The lowest BCUT2D eigenvalue weighted by molar-refractivity contribution is -0.144. The number of carbonyl (C=O) groups is 2. The first kappa shape index (κ1) is 26.7. The minimum Gasteiger partial charge on any atom is -0.376 e. The van der Waals surface area contributed by atoms with E-state index in [0.29, 0.717) is 22.8 Å². The quantitative estimate of drug-likeness (QED) is 0.477. The van der Waals surface area contributed by atoms with E-state index in [-0.39, 0.29) is 42.6 Å². The lowest BCUT2D eigenvalue weighted by atomic mass is 10.0. The fourth-order valence-corrected chi connectivity index (χ4v) is 4.28. The number of nitrogens with zero attached hydrogens (tertiary/aromatic N) is 5. The summed E-state index contributed by atoms with van der Waals surface area (Å²) in [6, 6.07) is 11.6. The second-order valence-corrected chi connectivity index (χ2v) is 10.5. The molecule has 2 unspecified atom stereocenters. The third-order valence-corrected chi connectivity index (χ3v) is 6.07. The Morgan fingerprint density at radius 3 is 2.51 bits per heavy atom. The summed E-state index contributed by atoms with van der Waals surface area (Å²) in [5.41, 5.74) is 0.675. The van der Waals surface area contributed by atoms with Gasteiger partial charge in [-0.1, -0.05) is 23.7 Å². The molecular weight excluding hydrogens is 499 g/mol. The van der Waals surface area contributed by atoms with Gasteiger partial charge < -0.3 is 15.0 Å². The molecule has 2 amide bonds. The maximum atomic E-state index is 13.7. The highest BCUT2D eigenvalue weighted by Gasteiger charge is 2.35. The first-order valence-electron chi connectivity index (χ1n) is 12.1. The summed E-state index contributed by atoms with van der Waals surface area (Å²) in [7, 11) is 0. The second-order valence-electron chi connectivity index (χ2n) is 10.0. The largest absolute Gasteiger partial charge is 0.376 e. The molecule has 37 heavy (non-hydrogen) atoms. The highest BCUT2D eigenvalue weighted by Crippen LogP contribution is 2.27. The highest BCUT2D eigenvalue weighted by molar-refractivity contribution is 6.30. The van der Waals surface area contributed by atoms with Gasteiger partial charge in [-0.05, 0) is 80.8 Å². The summed E-state index contributed by atoms with van der Waals surface area (Å²) < 4.78 is 19.1. The van der Waals surface area contributed by atoms with Crippen LogP contribution in [0.25, 0.3) is 11.4 Å². The van der Waals surface area contributed by atoms with Crippen LogP contribution in [0.5, 0.6) is 0 Å². The molecule has 0 aliphatic carbocycles. The average Bonchev–Trinajstić information content (AvgIpc) is 3.51. The molecular formula is C26H30ClFN6O3. The van der Waals surface area contributed by atoms with Gasteiger partial charge in [0, 0.05) is 29.3 Å². The molecule has 0 spiro atoms. The predicted molar refractivity (Wildman–Crippen MR) is 136 cm³/mol. The number of carbonyl (C=O) groups excluding carboxylic acids is 2. The smallest absolute Gasteiger partial charge is 0.247 e. The number of ether oxygens (including phenoxy) is 1. The number of halogens is 2. The van der Waals surface area contributed by atoms with E-state index in [4.69, 9.17) is 16.3 Å². The maximum absolute atomic E-state index is 13.7. The third-order valence-electron chi connectivity index (χ3n) is 5.82. The van der Waals surface area contributed by atoms with Crippen molar-refractivity contribution in [1.82, 2.24) is 30.4 Å². The molecule has 0 saturated carbocycles. The molecule has 2 atom stereocenters. The van der Waals surface area contributed by atoms with Gasteiger partial charge in [0.2, 0.25) is 17.6 Å². The Labute approximate surface area is 219 Å². The number of nitrogens with one attached hydrogen (secondary N) is 1. The molecule has 1 aliphatic rings. The van der Waals surface area contributed by atoms with Crippen molar-refractivity contribution in [2.45, 2.75) is 57.8 Å². The second kappa shape index (κ2) is 11.4. The maximum Gasteiger partial charge on any atom is 0.247 e. The van der Waals surface area contributed by atoms with Gasteiger partial charge in [-0.25, -0.2) is 4.39 Å². The molecule has 1 aliphatic heterocycles. The van der Waals surface area contributed by atoms with Crippen LogP contribution in [0.2, 0.25) is 5.02 Å². The molecule has 196 valence electrons. The topological polar surface area (TPSA) is 102 Å². The van der Waals surface area contributed by atoms with Crippen LogP contribution in [0.1, 0.15) is 45.2 Å². The van der Waals surface area contributed by atoms with E-state index < -0.39 is 11.6 Å². The van der Waals surface area contributed by atoms with Crippen LogP contribution in [-0.2, 0) is 20.9 Å². The van der Waals surface area contributed by atoms with Crippen LogP contribution in [0.3, 0.4) is 0 Å². The summed E-state index contributed by atoms with van der Waals surface area (Å²) in [5, 5.41) is 15.8. The SMILES string of the molecule is CC(C)(C)NC(=O)C(c1ccc(Cl)cc1)N(CC1CCCO1)C(=O)Cn1nnc(-c2ccc(F)cc2)n1. The number of aromatic nitrogens is 4. The van der Waals surface area contributed by atoms with E-state index in [9.17, 15) is 14.0 Å². The summed E-state index contributed by atoms with van der Waals surface area (Å²) in [4.78, 5) is 30.0. The minimum absolute atomic E-state index is 0.195. The lowest BCUT2D eigenvalue weighted by Gasteiger charge is -2.35. The van der Waals surface area contributed by atoms with Crippen molar-refractivity contribution >= 4 is 23.4 Å². The van der Waals surface area contributed by atoms with E-state index in [1.54, 1.807) is 24.3 Å². The summed E-state index contributed by atoms with van der Waals surface area (Å²) in [6.45, 7) is 6.24. The fraction of sp³-hybridized carbons (Fsp3) is 0.423. The highest BCUT2D eigenvalue weighted by atomic mass is 35.5. The lowest BCUT2D eigenvalue weighted by Crippen LogP contribution is -2.51. The van der Waals surface area contributed by atoms with E-state index in [1.807, 2.05) is 20.8 Å². The first-order chi connectivity index (χ1) is 17.6. The van der Waals surface area contributed by atoms with Crippen molar-refractivity contribution in [3.05, 3.63) is 64.9 Å². The van der Waals surface area contributed by atoms with Crippen molar-refractivity contribution < 1.29 is 18.7 Å². The van der Waals surface area contributed by atoms with Crippen LogP contribution >= 0.6 is 11.6 Å². The Morgan fingerprint density at radius 2 is 1.89 bits per heavy atom. The first-order valence-corrected chi connectivity index (χ1v) is 12.5. The summed E-state index contributed by atoms with van der Waals surface area (Å²) in [5.74, 6) is -0.807. The van der Waals surface area contributed by atoms with Crippen molar-refractivity contribution in [2.24, 2.45) is 0 Å². The third kappa shape index (κ3) is 7.11. The van der Waals surface area contributed by atoms with Crippen molar-refractivity contribution in [2.75, 3.05) is 13.2 Å². The van der Waals surface area contributed by atoms with Crippen molar-refractivity contribution in [3.63, 3.8) is 0 Å². The Bertz CT molecular complexity index is 1220. The molecule has 1 fully saturated rings. The zero-order valence-corrected chi connectivity index (χ0v) is 21.8. The number of benzene rings is 2. The molecule has 1 aromatic heterocycles. The molecule has 0 radical (unpaired) electrons. The molecule has 1 saturated heterocycles. The van der Waals surface area contributed by atoms with Crippen LogP contribution in [-0.4, -0.2) is 61.7 Å². The minimum atomic E-state index is -0.923. The van der Waals surface area contributed by atoms with Gasteiger partial charge in [-0.3, -0.25) is 9.59 Å². The average molecular weight is 529 g/mol. The number of hydrogen-bond donors (Lipinski definition) is 1. The standard InChI is InChI=1S/C26H30ClFN6O3/c1-26(2,3)29-25(36)23(17-6-10-19(27)11-7-17)33(15-21-5-4-14-37-21)22(35)16-34-31-24(30-32-34)18-8-12-20(28)13-9-18/h6-13,21,23H,4-5,14-16H2,1-3H3,(H,29,36). The van der Waals surface area contributed by atoms with E-state index in [0.717, 1.165) is 12.8 Å². The Balaban J connectivity index is 1.64.